The van der Waals surface area contributed by atoms with E-state index >= 15 is 0 Å². The third-order valence-electron chi connectivity index (χ3n) is 3.48. The summed E-state index contributed by atoms with van der Waals surface area (Å²) >= 11 is 0. The monoisotopic (exact) mass is 285 g/mol. The van der Waals surface area contributed by atoms with Crippen molar-refractivity contribution < 1.29 is 9.84 Å². The van der Waals surface area contributed by atoms with Gasteiger partial charge in [-0.1, -0.05) is 49.4 Å². The van der Waals surface area contributed by atoms with E-state index < -0.39 is 0 Å². The molecule has 0 radical (unpaired) electrons. The predicted octanol–water partition coefficient (Wildman–Crippen LogP) is 3.35. The quantitative estimate of drug-likeness (QED) is 0.819. The molecule has 2 unspecified atom stereocenters. The minimum atomic E-state index is 0.117. The van der Waals surface area contributed by atoms with Gasteiger partial charge < -0.3 is 15.2 Å². The van der Waals surface area contributed by atoms with E-state index in [0.717, 1.165) is 18.7 Å². The fourth-order valence-corrected chi connectivity index (χ4v) is 2.40. The molecule has 0 spiro atoms. The summed E-state index contributed by atoms with van der Waals surface area (Å²) in [6, 6.07) is 17.8. The van der Waals surface area contributed by atoms with E-state index in [0.29, 0.717) is 11.7 Å². The number of benzene rings is 2. The third-order valence-corrected chi connectivity index (χ3v) is 3.48. The molecule has 2 rings (SSSR count). The third kappa shape index (κ3) is 4.59. The number of nitrogens with one attached hydrogen (secondary N) is 1. The van der Waals surface area contributed by atoms with Crippen molar-refractivity contribution in [1.29, 1.82) is 0 Å². The summed E-state index contributed by atoms with van der Waals surface area (Å²) < 4.78 is 5.19. The molecule has 0 aromatic heterocycles. The molecule has 3 nitrogen and oxygen atoms in total. The molecule has 2 aromatic carbocycles. The fraction of sp³-hybridized carbons (Fsp3) is 0.333. The van der Waals surface area contributed by atoms with Crippen LogP contribution in [0.4, 0.5) is 0 Å². The number of ether oxygens (including phenoxy) is 1. The van der Waals surface area contributed by atoms with Crippen LogP contribution in [-0.4, -0.2) is 25.4 Å². The summed E-state index contributed by atoms with van der Waals surface area (Å²) in [4.78, 5) is 0. The Morgan fingerprint density at radius 3 is 2.24 bits per heavy atom. The van der Waals surface area contributed by atoms with Gasteiger partial charge in [0.1, 0.15) is 5.75 Å². The molecule has 21 heavy (non-hydrogen) atoms. The smallest absolute Gasteiger partial charge is 0.115 e. The summed E-state index contributed by atoms with van der Waals surface area (Å²) in [5.74, 6) is 0.733. The van der Waals surface area contributed by atoms with E-state index in [1.807, 2.05) is 30.3 Å². The van der Waals surface area contributed by atoms with Crippen LogP contribution in [0.1, 0.15) is 24.1 Å². The van der Waals surface area contributed by atoms with Crippen molar-refractivity contribution in [2.75, 3.05) is 20.3 Å². The molecule has 0 bridgehead atoms. The first-order valence-corrected chi connectivity index (χ1v) is 7.27. The van der Waals surface area contributed by atoms with Crippen molar-refractivity contribution in [3.63, 3.8) is 0 Å². The molecule has 0 fully saturated rings. The van der Waals surface area contributed by atoms with Crippen molar-refractivity contribution in [2.24, 2.45) is 5.92 Å². The highest BCUT2D eigenvalue weighted by Crippen LogP contribution is 2.23. The van der Waals surface area contributed by atoms with E-state index in [1.165, 1.54) is 5.56 Å². The molecule has 0 aliphatic carbocycles. The van der Waals surface area contributed by atoms with Gasteiger partial charge in [0.25, 0.3) is 0 Å². The van der Waals surface area contributed by atoms with Gasteiger partial charge in [-0.25, -0.2) is 0 Å². The highest BCUT2D eigenvalue weighted by molar-refractivity contribution is 5.34. The zero-order valence-corrected chi connectivity index (χ0v) is 12.6. The largest absolute Gasteiger partial charge is 0.508 e. The Balaban J connectivity index is 2.16. The first kappa shape index (κ1) is 15.5. The number of hydrogen-bond acceptors (Lipinski definition) is 3. The van der Waals surface area contributed by atoms with Crippen molar-refractivity contribution in [3.05, 3.63) is 65.7 Å². The van der Waals surface area contributed by atoms with E-state index in [9.17, 15) is 5.11 Å². The average Bonchev–Trinajstić information content (AvgIpc) is 2.50. The summed E-state index contributed by atoms with van der Waals surface area (Å²) in [5, 5.41) is 13.1. The lowest BCUT2D eigenvalue weighted by atomic mass is 9.98. The lowest BCUT2D eigenvalue weighted by molar-refractivity contribution is 0.157. The topological polar surface area (TPSA) is 41.5 Å². The molecule has 2 aromatic rings. The molecule has 0 saturated carbocycles. The van der Waals surface area contributed by atoms with Crippen molar-refractivity contribution >= 4 is 0 Å². The van der Waals surface area contributed by atoms with E-state index in [4.69, 9.17) is 4.74 Å². The number of aromatic hydroxyl groups is 1. The summed E-state index contributed by atoms with van der Waals surface area (Å²) in [6.45, 7) is 3.77. The molecule has 0 saturated heterocycles. The Labute approximate surface area is 126 Å². The first-order chi connectivity index (χ1) is 10.2. The molecule has 0 aliphatic heterocycles. The van der Waals surface area contributed by atoms with Crippen LogP contribution in [0.3, 0.4) is 0 Å². The maximum atomic E-state index is 9.46. The lowest BCUT2D eigenvalue weighted by Gasteiger charge is -2.22. The van der Waals surface area contributed by atoms with Crippen LogP contribution in [0.2, 0.25) is 0 Å². The zero-order valence-electron chi connectivity index (χ0n) is 12.6. The van der Waals surface area contributed by atoms with Crippen molar-refractivity contribution in [2.45, 2.75) is 13.0 Å². The highest BCUT2D eigenvalue weighted by atomic mass is 16.5. The maximum absolute atomic E-state index is 9.46. The first-order valence-electron chi connectivity index (χ1n) is 7.27. The van der Waals surface area contributed by atoms with Gasteiger partial charge in [0.2, 0.25) is 0 Å². The standard InChI is InChI=1S/C18H23NO2/c1-14(13-21-2)12-19-18(15-6-4-3-5-7-15)16-8-10-17(20)11-9-16/h3-11,14,18-20H,12-13H2,1-2H3. The summed E-state index contributed by atoms with van der Waals surface area (Å²) in [6.07, 6.45) is 0. The predicted molar refractivity (Wildman–Crippen MR) is 85.4 cm³/mol. The van der Waals surface area contributed by atoms with Gasteiger partial charge in [0, 0.05) is 20.3 Å². The van der Waals surface area contributed by atoms with Gasteiger partial charge in [0.05, 0.1) is 6.04 Å². The minimum absolute atomic E-state index is 0.117. The molecule has 2 N–H and O–H groups in total. The van der Waals surface area contributed by atoms with E-state index in [2.05, 4.69) is 24.4 Å². The van der Waals surface area contributed by atoms with Crippen molar-refractivity contribution in [3.8, 4) is 5.75 Å². The average molecular weight is 285 g/mol. The van der Waals surface area contributed by atoms with E-state index in [-0.39, 0.29) is 6.04 Å². The SMILES string of the molecule is COCC(C)CNC(c1ccccc1)c1ccc(O)cc1. The molecule has 112 valence electrons. The second-order valence-corrected chi connectivity index (χ2v) is 5.40. The van der Waals surface area contributed by atoms with Gasteiger partial charge in [-0.05, 0) is 29.2 Å². The number of methoxy groups -OCH3 is 1. The number of phenolic OH excluding ortho intramolecular Hbond substituents is 1. The van der Waals surface area contributed by atoms with Crippen LogP contribution in [0.15, 0.2) is 54.6 Å². The Morgan fingerprint density at radius 1 is 1.00 bits per heavy atom. The molecule has 3 heteroatoms. The number of phenols is 1. The Bertz CT molecular complexity index is 525. The van der Waals surface area contributed by atoms with Gasteiger partial charge in [-0.3, -0.25) is 0 Å². The molecular formula is C18H23NO2. The van der Waals surface area contributed by atoms with Crippen LogP contribution in [0, 0.1) is 5.92 Å². The second-order valence-electron chi connectivity index (χ2n) is 5.40. The Hall–Kier alpha value is -1.84. The molecule has 2 atom stereocenters. The molecular weight excluding hydrogens is 262 g/mol. The maximum Gasteiger partial charge on any atom is 0.115 e. The minimum Gasteiger partial charge on any atom is -0.508 e. The van der Waals surface area contributed by atoms with Crippen molar-refractivity contribution in [1.82, 2.24) is 5.32 Å². The second kappa shape index (κ2) is 7.81. The zero-order chi connectivity index (χ0) is 15.1. The molecule has 0 heterocycles. The lowest BCUT2D eigenvalue weighted by Crippen LogP contribution is -2.28. The number of hydrogen-bond donors (Lipinski definition) is 2. The number of rotatable bonds is 7. The van der Waals surface area contributed by atoms with Gasteiger partial charge >= 0.3 is 0 Å². The van der Waals surface area contributed by atoms with Crippen LogP contribution in [0.25, 0.3) is 0 Å². The van der Waals surface area contributed by atoms with Crippen LogP contribution in [-0.2, 0) is 4.74 Å². The van der Waals surface area contributed by atoms with Gasteiger partial charge in [-0.15, -0.1) is 0 Å². The molecule has 0 aliphatic rings. The van der Waals surface area contributed by atoms with Crippen LogP contribution < -0.4 is 5.32 Å². The van der Waals surface area contributed by atoms with E-state index in [1.54, 1.807) is 19.2 Å². The summed E-state index contributed by atoms with van der Waals surface area (Å²) in [5.41, 5.74) is 2.36. The van der Waals surface area contributed by atoms with Crippen LogP contribution in [0.5, 0.6) is 5.75 Å². The van der Waals surface area contributed by atoms with Crippen LogP contribution >= 0.6 is 0 Å². The Morgan fingerprint density at radius 2 is 1.62 bits per heavy atom. The Kier molecular flexibility index (Phi) is 5.78. The van der Waals surface area contributed by atoms with Gasteiger partial charge in [-0.2, -0.15) is 0 Å². The molecule has 0 amide bonds. The normalized spacial score (nSPS) is 13.8. The fourth-order valence-electron chi connectivity index (χ4n) is 2.40. The summed E-state index contributed by atoms with van der Waals surface area (Å²) in [7, 11) is 1.73. The highest BCUT2D eigenvalue weighted by Gasteiger charge is 2.14. The van der Waals surface area contributed by atoms with Gasteiger partial charge in [0.15, 0.2) is 0 Å².